The van der Waals surface area contributed by atoms with E-state index in [4.69, 9.17) is 4.74 Å². The number of piperidine rings is 1. The Bertz CT molecular complexity index is 124. The Balaban J connectivity index is 1.82. The lowest BCUT2D eigenvalue weighted by molar-refractivity contribution is 0.130. The van der Waals surface area contributed by atoms with Gasteiger partial charge in [-0.15, -0.1) is 0 Å². The Morgan fingerprint density at radius 1 is 1.43 bits per heavy atom. The van der Waals surface area contributed by atoms with Crippen LogP contribution in [-0.2, 0) is 4.74 Å². The standard InChI is InChI=1S/C11H24N2O/c1-2-3-8-14-9-7-13-11-5-4-6-12-10-11/h11-13H,2-10H2,1H3. The molecule has 0 aliphatic carbocycles. The van der Waals surface area contributed by atoms with E-state index in [1.165, 1.54) is 32.2 Å². The average molecular weight is 200 g/mol. The van der Waals surface area contributed by atoms with Gasteiger partial charge in [0, 0.05) is 25.7 Å². The number of ether oxygens (including phenoxy) is 1. The second-order valence-electron chi connectivity index (χ2n) is 3.96. The number of unbranched alkanes of at least 4 members (excludes halogenated alkanes) is 1. The summed E-state index contributed by atoms with van der Waals surface area (Å²) in [5.74, 6) is 0. The second-order valence-corrected chi connectivity index (χ2v) is 3.96. The van der Waals surface area contributed by atoms with Crippen LogP contribution in [-0.4, -0.2) is 38.9 Å². The van der Waals surface area contributed by atoms with Crippen LogP contribution in [0.3, 0.4) is 0 Å². The van der Waals surface area contributed by atoms with Crippen LogP contribution in [0, 0.1) is 0 Å². The molecule has 84 valence electrons. The molecule has 1 aliphatic heterocycles. The smallest absolute Gasteiger partial charge is 0.0591 e. The van der Waals surface area contributed by atoms with Crippen molar-refractivity contribution in [3.63, 3.8) is 0 Å². The van der Waals surface area contributed by atoms with Gasteiger partial charge in [0.25, 0.3) is 0 Å². The first kappa shape index (κ1) is 12.0. The zero-order valence-electron chi connectivity index (χ0n) is 9.35. The molecule has 1 saturated heterocycles. The highest BCUT2D eigenvalue weighted by Crippen LogP contribution is 2.00. The largest absolute Gasteiger partial charge is 0.380 e. The van der Waals surface area contributed by atoms with E-state index in [-0.39, 0.29) is 0 Å². The van der Waals surface area contributed by atoms with Gasteiger partial charge in [-0.2, -0.15) is 0 Å². The van der Waals surface area contributed by atoms with Crippen molar-refractivity contribution >= 4 is 0 Å². The molecule has 0 bridgehead atoms. The van der Waals surface area contributed by atoms with E-state index in [2.05, 4.69) is 17.6 Å². The molecule has 0 aromatic rings. The van der Waals surface area contributed by atoms with Crippen molar-refractivity contribution in [2.45, 2.75) is 38.6 Å². The SMILES string of the molecule is CCCCOCCNC1CCCNC1. The van der Waals surface area contributed by atoms with Gasteiger partial charge in [-0.3, -0.25) is 0 Å². The first-order valence-electron chi connectivity index (χ1n) is 5.95. The molecular formula is C11H24N2O. The fraction of sp³-hybridized carbons (Fsp3) is 1.00. The fourth-order valence-electron chi connectivity index (χ4n) is 1.71. The van der Waals surface area contributed by atoms with Gasteiger partial charge in [-0.05, 0) is 25.8 Å². The molecule has 3 nitrogen and oxygen atoms in total. The maximum absolute atomic E-state index is 5.48. The van der Waals surface area contributed by atoms with Crippen LogP contribution in [0.1, 0.15) is 32.6 Å². The van der Waals surface area contributed by atoms with Gasteiger partial charge in [-0.1, -0.05) is 13.3 Å². The fourth-order valence-corrected chi connectivity index (χ4v) is 1.71. The van der Waals surface area contributed by atoms with Gasteiger partial charge >= 0.3 is 0 Å². The number of hydrogen-bond donors (Lipinski definition) is 2. The van der Waals surface area contributed by atoms with Gasteiger partial charge in [0.15, 0.2) is 0 Å². The molecule has 1 heterocycles. The summed E-state index contributed by atoms with van der Waals surface area (Å²) in [6.07, 6.45) is 5.02. The zero-order chi connectivity index (χ0) is 10.1. The topological polar surface area (TPSA) is 33.3 Å². The molecule has 1 rings (SSSR count). The summed E-state index contributed by atoms with van der Waals surface area (Å²) < 4.78 is 5.48. The van der Waals surface area contributed by atoms with Crippen LogP contribution >= 0.6 is 0 Å². The molecule has 0 amide bonds. The maximum atomic E-state index is 5.48. The Morgan fingerprint density at radius 3 is 3.07 bits per heavy atom. The van der Waals surface area contributed by atoms with Crippen molar-refractivity contribution in [1.29, 1.82) is 0 Å². The van der Waals surface area contributed by atoms with Gasteiger partial charge in [-0.25, -0.2) is 0 Å². The lowest BCUT2D eigenvalue weighted by atomic mass is 10.1. The summed E-state index contributed by atoms with van der Waals surface area (Å²) in [5.41, 5.74) is 0. The Labute approximate surface area is 87.6 Å². The van der Waals surface area contributed by atoms with E-state index in [9.17, 15) is 0 Å². The van der Waals surface area contributed by atoms with Gasteiger partial charge < -0.3 is 15.4 Å². The highest BCUT2D eigenvalue weighted by Gasteiger charge is 2.10. The van der Waals surface area contributed by atoms with Crippen LogP contribution in [0.15, 0.2) is 0 Å². The van der Waals surface area contributed by atoms with Crippen LogP contribution in [0.5, 0.6) is 0 Å². The Kier molecular flexibility index (Phi) is 7.01. The van der Waals surface area contributed by atoms with Crippen molar-refractivity contribution in [3.05, 3.63) is 0 Å². The van der Waals surface area contributed by atoms with E-state index in [1.807, 2.05) is 0 Å². The van der Waals surface area contributed by atoms with Crippen molar-refractivity contribution < 1.29 is 4.74 Å². The quantitative estimate of drug-likeness (QED) is 0.605. The van der Waals surface area contributed by atoms with E-state index >= 15 is 0 Å². The summed E-state index contributed by atoms with van der Waals surface area (Å²) >= 11 is 0. The third-order valence-corrected chi connectivity index (χ3v) is 2.62. The lowest BCUT2D eigenvalue weighted by Gasteiger charge is -2.23. The molecule has 0 aromatic heterocycles. The van der Waals surface area contributed by atoms with Crippen LogP contribution < -0.4 is 10.6 Å². The monoisotopic (exact) mass is 200 g/mol. The zero-order valence-corrected chi connectivity index (χ0v) is 9.35. The minimum atomic E-state index is 0.665. The van der Waals surface area contributed by atoms with Gasteiger partial charge in [0.2, 0.25) is 0 Å². The molecule has 1 unspecified atom stereocenters. The molecule has 0 spiro atoms. The molecule has 1 atom stereocenters. The minimum absolute atomic E-state index is 0.665. The summed E-state index contributed by atoms with van der Waals surface area (Å²) in [4.78, 5) is 0. The minimum Gasteiger partial charge on any atom is -0.380 e. The average Bonchev–Trinajstić information content (AvgIpc) is 2.25. The molecule has 1 fully saturated rings. The van der Waals surface area contributed by atoms with Crippen molar-refractivity contribution in [3.8, 4) is 0 Å². The normalized spacial score (nSPS) is 22.5. The van der Waals surface area contributed by atoms with E-state index in [0.29, 0.717) is 6.04 Å². The first-order chi connectivity index (χ1) is 6.93. The summed E-state index contributed by atoms with van der Waals surface area (Å²) in [6, 6.07) is 0.665. The lowest BCUT2D eigenvalue weighted by Crippen LogP contribution is -2.44. The number of hydrogen-bond acceptors (Lipinski definition) is 3. The summed E-state index contributed by atoms with van der Waals surface area (Å²) in [6.45, 7) is 7.27. The predicted octanol–water partition coefficient (Wildman–Crippen LogP) is 1.14. The summed E-state index contributed by atoms with van der Waals surface area (Å²) in [7, 11) is 0. The highest BCUT2D eigenvalue weighted by molar-refractivity contribution is 4.74. The molecular weight excluding hydrogens is 176 g/mol. The van der Waals surface area contributed by atoms with E-state index < -0.39 is 0 Å². The van der Waals surface area contributed by atoms with Gasteiger partial charge in [0.05, 0.1) is 6.61 Å². The molecule has 0 radical (unpaired) electrons. The van der Waals surface area contributed by atoms with Crippen molar-refractivity contribution in [2.75, 3.05) is 32.8 Å². The summed E-state index contributed by atoms with van der Waals surface area (Å²) in [5, 5.41) is 6.90. The third kappa shape index (κ3) is 5.58. The maximum Gasteiger partial charge on any atom is 0.0591 e. The molecule has 0 saturated carbocycles. The Morgan fingerprint density at radius 2 is 2.36 bits per heavy atom. The van der Waals surface area contributed by atoms with E-state index in [1.54, 1.807) is 0 Å². The molecule has 14 heavy (non-hydrogen) atoms. The number of nitrogens with one attached hydrogen (secondary N) is 2. The predicted molar refractivity (Wildman–Crippen MR) is 59.6 cm³/mol. The number of rotatable bonds is 7. The third-order valence-electron chi connectivity index (χ3n) is 2.62. The van der Waals surface area contributed by atoms with Crippen LogP contribution in [0.4, 0.5) is 0 Å². The van der Waals surface area contributed by atoms with E-state index in [0.717, 1.165) is 26.3 Å². The Hall–Kier alpha value is -0.120. The molecule has 2 N–H and O–H groups in total. The van der Waals surface area contributed by atoms with Crippen LogP contribution in [0.2, 0.25) is 0 Å². The highest BCUT2D eigenvalue weighted by atomic mass is 16.5. The first-order valence-corrected chi connectivity index (χ1v) is 5.95. The van der Waals surface area contributed by atoms with Crippen molar-refractivity contribution in [2.24, 2.45) is 0 Å². The van der Waals surface area contributed by atoms with Crippen LogP contribution in [0.25, 0.3) is 0 Å². The second kappa shape index (κ2) is 8.21. The molecule has 1 aliphatic rings. The van der Waals surface area contributed by atoms with Crippen molar-refractivity contribution in [1.82, 2.24) is 10.6 Å². The molecule has 0 aromatic carbocycles. The molecule has 3 heteroatoms. The van der Waals surface area contributed by atoms with Gasteiger partial charge in [0.1, 0.15) is 0 Å².